The Morgan fingerprint density at radius 3 is 2.50 bits per heavy atom. The molecule has 1 aromatic rings. The molecule has 1 unspecified atom stereocenters. The molecule has 1 heterocycles. The minimum atomic E-state index is -4.80. The van der Waals surface area contributed by atoms with E-state index >= 15 is 0 Å². The van der Waals surface area contributed by atoms with Gasteiger partial charge in [0.15, 0.2) is 14.9 Å². The lowest BCUT2D eigenvalue weighted by Crippen LogP contribution is -2.24. The third-order valence-corrected chi connectivity index (χ3v) is 5.31. The van der Waals surface area contributed by atoms with Crippen molar-refractivity contribution in [2.24, 2.45) is 0 Å². The van der Waals surface area contributed by atoms with Crippen molar-refractivity contribution in [1.29, 1.82) is 0 Å². The fourth-order valence-corrected chi connectivity index (χ4v) is 3.19. The lowest BCUT2D eigenvalue weighted by Gasteiger charge is -2.15. The third kappa shape index (κ3) is 3.16. The minimum Gasteiger partial charge on any atom is -0.243 e. The summed E-state index contributed by atoms with van der Waals surface area (Å²) in [6.07, 6.45) is -3.80. The van der Waals surface area contributed by atoms with Gasteiger partial charge < -0.3 is 0 Å². The molecule has 9 heteroatoms. The van der Waals surface area contributed by atoms with Crippen LogP contribution in [0.1, 0.15) is 12.5 Å². The first-order valence-corrected chi connectivity index (χ1v) is 7.50. The van der Waals surface area contributed by atoms with Gasteiger partial charge in [0.25, 0.3) is 0 Å². The van der Waals surface area contributed by atoms with Gasteiger partial charge in [-0.1, -0.05) is 0 Å². The Balaban J connectivity index is 3.52. The van der Waals surface area contributed by atoms with E-state index in [9.17, 15) is 21.6 Å². The predicted molar refractivity (Wildman–Crippen MR) is 64.3 cm³/mol. The molecule has 0 spiro atoms. The summed E-state index contributed by atoms with van der Waals surface area (Å²) in [5.41, 5.74) is -1.30. The van der Waals surface area contributed by atoms with E-state index in [2.05, 4.69) is 20.9 Å². The zero-order valence-corrected chi connectivity index (χ0v) is 12.2. The molecule has 0 aromatic carbocycles. The maximum atomic E-state index is 12.8. The number of halogens is 5. The minimum absolute atomic E-state index is 0.0484. The smallest absolute Gasteiger partial charge is 0.243 e. The molecule has 0 amide bonds. The summed E-state index contributed by atoms with van der Waals surface area (Å²) in [6.45, 7) is 1.23. The van der Waals surface area contributed by atoms with Gasteiger partial charge in [-0.05, 0) is 28.9 Å². The van der Waals surface area contributed by atoms with Gasteiger partial charge in [-0.3, -0.25) is 0 Å². The summed E-state index contributed by atoms with van der Waals surface area (Å²) < 4.78 is 62.1. The van der Waals surface area contributed by atoms with Gasteiger partial charge in [0.05, 0.1) is 10.8 Å². The van der Waals surface area contributed by atoms with Gasteiger partial charge in [-0.25, -0.2) is 13.4 Å². The highest BCUT2D eigenvalue weighted by molar-refractivity contribution is 9.10. The summed E-state index contributed by atoms with van der Waals surface area (Å²) >= 11 is 8.21. The molecule has 0 aliphatic rings. The highest BCUT2D eigenvalue weighted by Crippen LogP contribution is 2.35. The molecular weight excluding hydrogens is 359 g/mol. The van der Waals surface area contributed by atoms with Crippen LogP contribution in [-0.4, -0.2) is 24.5 Å². The van der Waals surface area contributed by atoms with Crippen LogP contribution in [0.25, 0.3) is 0 Å². The summed E-state index contributed by atoms with van der Waals surface area (Å²) in [7, 11) is -4.20. The largest absolute Gasteiger partial charge is 0.419 e. The van der Waals surface area contributed by atoms with Gasteiger partial charge in [-0.15, -0.1) is 11.6 Å². The van der Waals surface area contributed by atoms with Crippen LogP contribution in [0.4, 0.5) is 13.2 Å². The third-order valence-electron chi connectivity index (χ3n) is 2.14. The molecule has 0 radical (unpaired) electrons. The SMILES string of the molecule is CC(CCl)S(=O)(=O)c1ncc(Br)cc1C(F)(F)F. The topological polar surface area (TPSA) is 47.0 Å². The first-order chi connectivity index (χ1) is 8.10. The van der Waals surface area contributed by atoms with E-state index in [4.69, 9.17) is 11.6 Å². The molecule has 1 aromatic heterocycles. The second-order valence-electron chi connectivity index (χ2n) is 3.51. The Labute approximate surface area is 115 Å². The summed E-state index contributed by atoms with van der Waals surface area (Å²) in [5.74, 6) is -0.308. The second kappa shape index (κ2) is 5.34. The number of pyridine rings is 1. The second-order valence-corrected chi connectivity index (χ2v) is 7.02. The quantitative estimate of drug-likeness (QED) is 0.772. The van der Waals surface area contributed by atoms with Gasteiger partial charge >= 0.3 is 6.18 Å². The lowest BCUT2D eigenvalue weighted by molar-refractivity contribution is -0.140. The molecule has 18 heavy (non-hydrogen) atoms. The molecule has 0 N–H and O–H groups in total. The Morgan fingerprint density at radius 1 is 1.50 bits per heavy atom. The molecule has 0 fully saturated rings. The molecule has 102 valence electrons. The highest BCUT2D eigenvalue weighted by atomic mass is 79.9. The highest BCUT2D eigenvalue weighted by Gasteiger charge is 2.40. The van der Waals surface area contributed by atoms with Crippen LogP contribution < -0.4 is 0 Å². The van der Waals surface area contributed by atoms with E-state index in [1.807, 2.05) is 0 Å². The molecular formula is C9H8BrClF3NO2S. The van der Waals surface area contributed by atoms with E-state index in [-0.39, 0.29) is 10.4 Å². The fourth-order valence-electron chi connectivity index (χ4n) is 1.13. The van der Waals surface area contributed by atoms with Crippen molar-refractivity contribution in [3.8, 4) is 0 Å². The van der Waals surface area contributed by atoms with E-state index in [0.717, 1.165) is 6.20 Å². The van der Waals surface area contributed by atoms with Gasteiger partial charge in [-0.2, -0.15) is 13.2 Å². The summed E-state index contributed by atoms with van der Waals surface area (Å²) in [5, 5.41) is -2.14. The van der Waals surface area contributed by atoms with Crippen molar-refractivity contribution >= 4 is 37.4 Å². The summed E-state index contributed by atoms with van der Waals surface area (Å²) in [6, 6.07) is 0.681. The van der Waals surface area contributed by atoms with Crippen LogP contribution in [0.3, 0.4) is 0 Å². The van der Waals surface area contributed by atoms with Crippen molar-refractivity contribution in [2.45, 2.75) is 23.4 Å². The molecule has 0 saturated carbocycles. The van der Waals surface area contributed by atoms with E-state index in [1.54, 1.807) is 0 Å². The van der Waals surface area contributed by atoms with Crippen molar-refractivity contribution in [3.05, 3.63) is 22.3 Å². The molecule has 0 bridgehead atoms. The zero-order chi connectivity index (χ0) is 14.1. The van der Waals surface area contributed by atoms with E-state index in [1.165, 1.54) is 6.92 Å². The van der Waals surface area contributed by atoms with Crippen molar-refractivity contribution < 1.29 is 21.6 Å². The van der Waals surface area contributed by atoms with Crippen molar-refractivity contribution in [2.75, 3.05) is 5.88 Å². The van der Waals surface area contributed by atoms with Crippen LogP contribution >= 0.6 is 27.5 Å². The van der Waals surface area contributed by atoms with E-state index in [0.29, 0.717) is 6.07 Å². The molecule has 1 atom stereocenters. The van der Waals surface area contributed by atoms with Crippen LogP contribution in [0.15, 0.2) is 21.8 Å². The number of hydrogen-bond donors (Lipinski definition) is 0. The zero-order valence-electron chi connectivity index (χ0n) is 9.00. The number of rotatable bonds is 3. The van der Waals surface area contributed by atoms with Gasteiger partial charge in [0, 0.05) is 16.5 Å². The monoisotopic (exact) mass is 365 g/mol. The molecule has 0 saturated heterocycles. The van der Waals surface area contributed by atoms with Crippen LogP contribution in [0.2, 0.25) is 0 Å². The number of alkyl halides is 4. The Kier molecular flexibility index (Phi) is 4.66. The normalized spacial score (nSPS) is 14.6. The van der Waals surface area contributed by atoms with Gasteiger partial charge in [0.2, 0.25) is 0 Å². The van der Waals surface area contributed by atoms with Crippen molar-refractivity contribution in [3.63, 3.8) is 0 Å². The van der Waals surface area contributed by atoms with Gasteiger partial charge in [0.1, 0.15) is 0 Å². The number of aromatic nitrogens is 1. The molecule has 1 rings (SSSR count). The molecule has 0 aliphatic heterocycles. The average Bonchev–Trinajstić information content (AvgIpc) is 2.26. The van der Waals surface area contributed by atoms with Crippen LogP contribution in [0, 0.1) is 0 Å². The van der Waals surface area contributed by atoms with E-state index < -0.39 is 31.9 Å². The maximum absolute atomic E-state index is 12.8. The first kappa shape index (κ1) is 15.7. The average molecular weight is 367 g/mol. The summed E-state index contributed by atoms with van der Waals surface area (Å²) in [4.78, 5) is 3.37. The molecule has 0 aliphatic carbocycles. The Morgan fingerprint density at radius 2 is 2.06 bits per heavy atom. The molecule has 3 nitrogen and oxygen atoms in total. The first-order valence-electron chi connectivity index (χ1n) is 4.63. The van der Waals surface area contributed by atoms with Crippen molar-refractivity contribution in [1.82, 2.24) is 4.98 Å². The lowest BCUT2D eigenvalue weighted by atomic mass is 10.3. The Hall–Kier alpha value is -0.340. The fraction of sp³-hybridized carbons (Fsp3) is 0.444. The predicted octanol–water partition coefficient (Wildman–Crippen LogP) is 3.26. The maximum Gasteiger partial charge on any atom is 0.419 e. The number of sulfone groups is 1. The number of hydrogen-bond acceptors (Lipinski definition) is 3. The number of nitrogens with zero attached hydrogens (tertiary/aromatic N) is 1. The standard InChI is InChI=1S/C9H8BrClF3NO2S/c1-5(3-11)18(16,17)8-7(9(12,13)14)2-6(10)4-15-8/h2,4-5H,3H2,1H3. The Bertz CT molecular complexity index is 547. The van der Waals surface area contributed by atoms with Crippen LogP contribution in [0.5, 0.6) is 0 Å². The van der Waals surface area contributed by atoms with Crippen LogP contribution in [-0.2, 0) is 16.0 Å².